The molecule has 0 atom stereocenters. The molecule has 24 heavy (non-hydrogen) atoms. The van der Waals surface area contributed by atoms with Gasteiger partial charge in [0, 0.05) is 37.2 Å². The molecule has 0 spiro atoms. The van der Waals surface area contributed by atoms with Crippen molar-refractivity contribution in [1.82, 2.24) is 5.32 Å². The Hall–Kier alpha value is -2.50. The number of rotatable bonds is 4. The molecule has 0 aliphatic heterocycles. The topological polar surface area (TPSA) is 71.8 Å². The van der Waals surface area contributed by atoms with Gasteiger partial charge in [-0.3, -0.25) is 9.69 Å². The Labute approximate surface area is 141 Å². The van der Waals surface area contributed by atoms with Crippen LogP contribution < -0.4 is 10.2 Å². The van der Waals surface area contributed by atoms with Gasteiger partial charge in [0.05, 0.1) is 6.26 Å². The molecule has 1 heterocycles. The molecule has 1 aromatic heterocycles. The second-order valence-electron chi connectivity index (χ2n) is 6.71. The summed E-state index contributed by atoms with van der Waals surface area (Å²) in [7, 11) is 1.67. The second kappa shape index (κ2) is 6.95. The van der Waals surface area contributed by atoms with Gasteiger partial charge in [-0.2, -0.15) is 0 Å². The highest BCUT2D eigenvalue weighted by atomic mass is 16.6. The van der Waals surface area contributed by atoms with Crippen LogP contribution in [0.4, 0.5) is 10.5 Å². The van der Waals surface area contributed by atoms with Gasteiger partial charge < -0.3 is 14.5 Å². The lowest BCUT2D eigenvalue weighted by atomic mass is 10.1. The Balaban J connectivity index is 2.20. The lowest BCUT2D eigenvalue weighted by Gasteiger charge is -2.24. The van der Waals surface area contributed by atoms with Crippen LogP contribution in [0.2, 0.25) is 0 Å². The Bertz CT molecular complexity index is 743. The highest BCUT2D eigenvalue weighted by molar-refractivity contribution is 5.92. The molecular weight excluding hydrogens is 308 g/mol. The average Bonchev–Trinajstić information content (AvgIpc) is 2.87. The molecule has 0 aliphatic rings. The van der Waals surface area contributed by atoms with Crippen LogP contribution in [-0.4, -0.2) is 31.2 Å². The summed E-state index contributed by atoms with van der Waals surface area (Å²) in [6, 6.07) is 5.53. The van der Waals surface area contributed by atoms with Crippen LogP contribution in [0.25, 0.3) is 11.0 Å². The third kappa shape index (κ3) is 4.50. The zero-order valence-electron chi connectivity index (χ0n) is 14.8. The van der Waals surface area contributed by atoms with E-state index in [0.29, 0.717) is 13.0 Å². The summed E-state index contributed by atoms with van der Waals surface area (Å²) in [6.07, 6.45) is 1.93. The number of nitrogens with one attached hydrogen (secondary N) is 1. The van der Waals surface area contributed by atoms with E-state index >= 15 is 0 Å². The first-order valence-electron chi connectivity index (χ1n) is 7.88. The summed E-state index contributed by atoms with van der Waals surface area (Å²) >= 11 is 0. The summed E-state index contributed by atoms with van der Waals surface area (Å²) < 4.78 is 10.9. The third-order valence-corrected chi connectivity index (χ3v) is 3.46. The Morgan fingerprint density at radius 1 is 1.29 bits per heavy atom. The third-order valence-electron chi connectivity index (χ3n) is 3.46. The highest BCUT2D eigenvalue weighted by Gasteiger charge is 2.21. The predicted molar refractivity (Wildman–Crippen MR) is 93.2 cm³/mol. The number of hydrogen-bond acceptors (Lipinski definition) is 4. The summed E-state index contributed by atoms with van der Waals surface area (Å²) in [5, 5.41) is 3.69. The first-order chi connectivity index (χ1) is 11.2. The van der Waals surface area contributed by atoms with Crippen LogP contribution >= 0.6 is 0 Å². The van der Waals surface area contributed by atoms with Crippen LogP contribution in [0.3, 0.4) is 0 Å². The van der Waals surface area contributed by atoms with Gasteiger partial charge >= 0.3 is 6.09 Å². The van der Waals surface area contributed by atoms with Crippen LogP contribution in [-0.2, 0) is 16.0 Å². The molecule has 2 rings (SSSR count). The fourth-order valence-corrected chi connectivity index (χ4v) is 2.28. The molecule has 0 saturated carbocycles. The number of carbonyl (C=O) groups excluding carboxylic acids is 2. The molecule has 0 unspecified atom stereocenters. The minimum Gasteiger partial charge on any atom is -0.464 e. The number of carbonyl (C=O) groups is 2. The number of ether oxygens (including phenoxy) is 1. The fourth-order valence-electron chi connectivity index (χ4n) is 2.28. The van der Waals surface area contributed by atoms with Gasteiger partial charge in [-0.25, -0.2) is 4.79 Å². The summed E-state index contributed by atoms with van der Waals surface area (Å²) in [4.78, 5) is 24.6. The maximum Gasteiger partial charge on any atom is 0.414 e. The standard InChI is InChI=1S/C18H24N2O4/c1-12(21)19-9-8-13-11-23-16-7-6-14(10-15(13)16)20(5)17(22)24-18(2,3)4/h6-7,10-11H,8-9H2,1-5H3,(H,19,21). The van der Waals surface area contributed by atoms with E-state index in [1.54, 1.807) is 13.3 Å². The quantitative estimate of drug-likeness (QED) is 0.930. The highest BCUT2D eigenvalue weighted by Crippen LogP contribution is 2.27. The van der Waals surface area contributed by atoms with Crippen LogP contribution in [0.15, 0.2) is 28.9 Å². The van der Waals surface area contributed by atoms with Gasteiger partial charge in [-0.1, -0.05) is 0 Å². The van der Waals surface area contributed by atoms with E-state index in [4.69, 9.17) is 9.15 Å². The van der Waals surface area contributed by atoms with Crippen LogP contribution in [0, 0.1) is 0 Å². The van der Waals surface area contributed by atoms with Crippen molar-refractivity contribution in [3.63, 3.8) is 0 Å². The monoisotopic (exact) mass is 332 g/mol. The maximum absolute atomic E-state index is 12.2. The number of furan rings is 1. The summed E-state index contributed by atoms with van der Waals surface area (Å²) in [6.45, 7) is 7.52. The molecule has 0 fully saturated rings. The van der Waals surface area contributed by atoms with E-state index in [9.17, 15) is 9.59 Å². The lowest BCUT2D eigenvalue weighted by molar-refractivity contribution is -0.118. The molecule has 6 nitrogen and oxygen atoms in total. The van der Waals surface area contributed by atoms with Crippen LogP contribution in [0.1, 0.15) is 33.3 Å². The van der Waals surface area contributed by atoms with Crippen molar-refractivity contribution in [2.45, 2.75) is 39.7 Å². The summed E-state index contributed by atoms with van der Waals surface area (Å²) in [5.74, 6) is -0.0619. The summed E-state index contributed by atoms with van der Waals surface area (Å²) in [5.41, 5.74) is 1.90. The van der Waals surface area contributed by atoms with Crippen molar-refractivity contribution in [1.29, 1.82) is 0 Å². The van der Waals surface area contributed by atoms with Crippen molar-refractivity contribution in [3.8, 4) is 0 Å². The molecule has 6 heteroatoms. The molecule has 0 saturated heterocycles. The Morgan fingerprint density at radius 3 is 2.62 bits per heavy atom. The zero-order chi connectivity index (χ0) is 17.9. The molecule has 2 amide bonds. The Morgan fingerprint density at radius 2 is 2.00 bits per heavy atom. The molecule has 0 bridgehead atoms. The van der Waals surface area contributed by atoms with E-state index in [1.807, 2.05) is 39.0 Å². The molecule has 2 aromatic rings. The molecule has 0 aliphatic carbocycles. The average molecular weight is 332 g/mol. The largest absolute Gasteiger partial charge is 0.464 e. The van der Waals surface area contributed by atoms with Gasteiger partial charge in [-0.15, -0.1) is 0 Å². The first kappa shape index (κ1) is 17.8. The molecular formula is C18H24N2O4. The molecule has 1 N–H and O–H groups in total. The van der Waals surface area contributed by atoms with Gasteiger partial charge in [0.15, 0.2) is 0 Å². The number of benzene rings is 1. The van der Waals surface area contributed by atoms with Crippen molar-refractivity contribution >= 4 is 28.7 Å². The minimum absolute atomic E-state index is 0.0619. The van der Waals surface area contributed by atoms with Gasteiger partial charge in [0.1, 0.15) is 11.2 Å². The van der Waals surface area contributed by atoms with E-state index in [1.165, 1.54) is 11.8 Å². The van der Waals surface area contributed by atoms with Gasteiger partial charge in [0.25, 0.3) is 0 Å². The molecule has 0 radical (unpaired) electrons. The SMILES string of the molecule is CC(=O)NCCc1coc2ccc(N(C)C(=O)OC(C)(C)C)cc12. The number of hydrogen-bond donors (Lipinski definition) is 1. The van der Waals surface area contributed by atoms with E-state index in [0.717, 1.165) is 22.2 Å². The number of nitrogens with zero attached hydrogens (tertiary/aromatic N) is 1. The molecule has 1 aromatic carbocycles. The zero-order valence-corrected chi connectivity index (χ0v) is 14.8. The van der Waals surface area contributed by atoms with E-state index in [-0.39, 0.29) is 5.91 Å². The van der Waals surface area contributed by atoms with Gasteiger partial charge in [0.2, 0.25) is 5.91 Å². The first-order valence-corrected chi connectivity index (χ1v) is 7.88. The van der Waals surface area contributed by atoms with Crippen LogP contribution in [0.5, 0.6) is 0 Å². The lowest BCUT2D eigenvalue weighted by Crippen LogP contribution is -2.34. The second-order valence-corrected chi connectivity index (χ2v) is 6.71. The number of anilines is 1. The maximum atomic E-state index is 12.2. The van der Waals surface area contributed by atoms with E-state index in [2.05, 4.69) is 5.32 Å². The number of amides is 2. The molecule has 130 valence electrons. The smallest absolute Gasteiger partial charge is 0.414 e. The Kier molecular flexibility index (Phi) is 5.17. The van der Waals surface area contributed by atoms with Crippen molar-refractivity contribution in [2.75, 3.05) is 18.5 Å². The van der Waals surface area contributed by atoms with Crippen molar-refractivity contribution in [3.05, 3.63) is 30.0 Å². The minimum atomic E-state index is -0.547. The van der Waals surface area contributed by atoms with Crippen molar-refractivity contribution < 1.29 is 18.7 Å². The van der Waals surface area contributed by atoms with Gasteiger partial charge in [-0.05, 0) is 45.4 Å². The normalized spacial score (nSPS) is 11.4. The van der Waals surface area contributed by atoms with E-state index < -0.39 is 11.7 Å². The van der Waals surface area contributed by atoms with Crippen molar-refractivity contribution in [2.24, 2.45) is 0 Å². The number of fused-ring (bicyclic) bond motifs is 1. The predicted octanol–water partition coefficient (Wildman–Crippen LogP) is 3.48. The fraction of sp³-hybridized carbons (Fsp3) is 0.444.